The average molecular weight is 446 g/mol. The minimum absolute atomic E-state index is 0.215. The fourth-order valence-corrected chi connectivity index (χ4v) is 4.57. The van der Waals surface area contributed by atoms with Crippen LogP contribution in [-0.4, -0.2) is 46.6 Å². The summed E-state index contributed by atoms with van der Waals surface area (Å²) in [7, 11) is 3.81. The molecule has 1 fully saturated rings. The fourth-order valence-electron chi connectivity index (χ4n) is 4.19. The predicted molar refractivity (Wildman–Crippen MR) is 118 cm³/mol. The van der Waals surface area contributed by atoms with Crippen LogP contribution in [0.4, 0.5) is 0 Å². The van der Waals surface area contributed by atoms with Crippen LogP contribution < -0.4 is 5.32 Å². The normalized spacial score (nSPS) is 19.3. The van der Waals surface area contributed by atoms with E-state index in [1.165, 1.54) is 0 Å². The number of nitrogens with zero attached hydrogens (tertiary/aromatic N) is 2. The average Bonchev–Trinajstić information content (AvgIpc) is 3.26. The van der Waals surface area contributed by atoms with Crippen molar-refractivity contribution in [3.8, 4) is 0 Å². The number of carbonyl (C=O) groups excluding carboxylic acids is 1. The molecule has 1 atom stereocenters. The molecule has 1 aliphatic heterocycles. The van der Waals surface area contributed by atoms with Crippen LogP contribution in [0.15, 0.2) is 42.5 Å². The number of fused-ring (bicyclic) bond motifs is 1. The minimum Gasteiger partial charge on any atom is -0.478 e. The zero-order chi connectivity index (χ0) is 21.6. The van der Waals surface area contributed by atoms with Gasteiger partial charge in [-0.05, 0) is 49.4 Å². The molecular weight excluding hydrogens is 425 g/mol. The molecule has 1 aromatic heterocycles. The SMILES string of the molecule is CN1CCC(NC(=O)c2cc3c(Cl)c(Cl)ccc3n2C)(c2ccc(C(=O)O)cc2)C1. The summed E-state index contributed by atoms with van der Waals surface area (Å²) in [5.74, 6) is -1.20. The Morgan fingerprint density at radius 2 is 1.80 bits per heavy atom. The van der Waals surface area contributed by atoms with Crippen LogP contribution in [0.5, 0.6) is 0 Å². The molecule has 1 aliphatic rings. The third-order valence-electron chi connectivity index (χ3n) is 5.84. The van der Waals surface area contributed by atoms with Gasteiger partial charge in [0, 0.05) is 31.0 Å². The third-order valence-corrected chi connectivity index (χ3v) is 6.66. The first kappa shape index (κ1) is 20.7. The number of carboxylic acids is 1. The van der Waals surface area contributed by atoms with E-state index in [4.69, 9.17) is 23.2 Å². The number of carboxylic acid groups (broad SMARTS) is 1. The Balaban J connectivity index is 1.71. The van der Waals surface area contributed by atoms with Crippen molar-refractivity contribution in [2.45, 2.75) is 12.0 Å². The molecule has 1 amide bonds. The number of aromatic nitrogens is 1. The molecule has 0 aliphatic carbocycles. The first-order valence-electron chi connectivity index (χ1n) is 9.50. The number of aryl methyl sites for hydroxylation is 1. The van der Waals surface area contributed by atoms with Crippen LogP contribution in [0.25, 0.3) is 10.9 Å². The highest BCUT2D eigenvalue weighted by Crippen LogP contribution is 2.35. The van der Waals surface area contributed by atoms with E-state index < -0.39 is 11.5 Å². The molecule has 1 unspecified atom stereocenters. The highest BCUT2D eigenvalue weighted by molar-refractivity contribution is 6.45. The molecule has 1 saturated heterocycles. The number of halogens is 2. The van der Waals surface area contributed by atoms with Crippen molar-refractivity contribution in [3.63, 3.8) is 0 Å². The molecule has 8 heteroatoms. The summed E-state index contributed by atoms with van der Waals surface area (Å²) >= 11 is 12.5. The summed E-state index contributed by atoms with van der Waals surface area (Å²) in [5, 5.41) is 14.0. The Labute approximate surface area is 184 Å². The molecule has 0 saturated carbocycles. The predicted octanol–water partition coefficient (Wildman–Crippen LogP) is 4.14. The van der Waals surface area contributed by atoms with Crippen molar-refractivity contribution in [2.24, 2.45) is 7.05 Å². The molecule has 0 radical (unpaired) electrons. The van der Waals surface area contributed by atoms with E-state index in [0.29, 0.717) is 22.3 Å². The molecule has 4 rings (SSSR count). The molecule has 0 bridgehead atoms. The summed E-state index contributed by atoms with van der Waals surface area (Å²) < 4.78 is 1.80. The summed E-state index contributed by atoms with van der Waals surface area (Å²) in [6, 6.07) is 12.0. The van der Waals surface area contributed by atoms with Gasteiger partial charge in [0.1, 0.15) is 5.69 Å². The molecule has 156 valence electrons. The van der Waals surface area contributed by atoms with Crippen molar-refractivity contribution in [1.82, 2.24) is 14.8 Å². The Morgan fingerprint density at radius 1 is 1.10 bits per heavy atom. The Hall–Kier alpha value is -2.54. The Morgan fingerprint density at radius 3 is 2.40 bits per heavy atom. The standard InChI is InChI=1S/C22H21Cl2N3O3/c1-26-10-9-22(12-26,14-5-3-13(4-6-14)21(29)30)25-20(28)18-11-15-17(27(18)2)8-7-16(23)19(15)24/h3-8,11H,9-10,12H2,1-2H3,(H,25,28)(H,29,30). The van der Waals surface area contributed by atoms with Gasteiger partial charge in [0.2, 0.25) is 0 Å². The summed E-state index contributed by atoms with van der Waals surface area (Å²) in [6.45, 7) is 1.44. The number of rotatable bonds is 4. The summed E-state index contributed by atoms with van der Waals surface area (Å²) in [5.41, 5.74) is 1.78. The van der Waals surface area contributed by atoms with E-state index in [2.05, 4.69) is 10.2 Å². The zero-order valence-electron chi connectivity index (χ0n) is 16.6. The van der Waals surface area contributed by atoms with Gasteiger partial charge in [-0.3, -0.25) is 4.79 Å². The second-order valence-corrected chi connectivity index (χ2v) is 8.57. The molecule has 6 nitrogen and oxygen atoms in total. The van der Waals surface area contributed by atoms with Gasteiger partial charge in [0.25, 0.3) is 5.91 Å². The van der Waals surface area contributed by atoms with Crippen molar-refractivity contribution >= 4 is 46.0 Å². The van der Waals surface area contributed by atoms with Crippen molar-refractivity contribution in [2.75, 3.05) is 20.1 Å². The molecule has 3 aromatic rings. The smallest absolute Gasteiger partial charge is 0.335 e. The monoisotopic (exact) mass is 445 g/mol. The fraction of sp³-hybridized carbons (Fsp3) is 0.273. The van der Waals surface area contributed by atoms with Gasteiger partial charge < -0.3 is 19.9 Å². The first-order valence-corrected chi connectivity index (χ1v) is 10.3. The van der Waals surface area contributed by atoms with E-state index in [1.54, 1.807) is 41.0 Å². The lowest BCUT2D eigenvalue weighted by atomic mass is 9.88. The maximum Gasteiger partial charge on any atom is 0.335 e. The van der Waals surface area contributed by atoms with Crippen LogP contribution in [0.1, 0.15) is 32.8 Å². The Kier molecular flexibility index (Phi) is 5.26. The van der Waals surface area contributed by atoms with Crippen LogP contribution in [0.2, 0.25) is 10.0 Å². The molecule has 30 heavy (non-hydrogen) atoms. The van der Waals surface area contributed by atoms with Crippen molar-refractivity contribution in [1.29, 1.82) is 0 Å². The largest absolute Gasteiger partial charge is 0.478 e. The third kappa shape index (κ3) is 3.45. The van der Waals surface area contributed by atoms with Crippen LogP contribution >= 0.6 is 23.2 Å². The lowest BCUT2D eigenvalue weighted by Gasteiger charge is -2.31. The quantitative estimate of drug-likeness (QED) is 0.632. The number of carbonyl (C=O) groups is 2. The highest BCUT2D eigenvalue weighted by Gasteiger charge is 2.40. The number of hydrogen-bond donors (Lipinski definition) is 2. The van der Waals surface area contributed by atoms with Gasteiger partial charge in [-0.15, -0.1) is 0 Å². The van der Waals surface area contributed by atoms with Gasteiger partial charge in [-0.2, -0.15) is 0 Å². The van der Waals surface area contributed by atoms with E-state index in [9.17, 15) is 14.7 Å². The number of nitrogens with one attached hydrogen (secondary N) is 1. The topological polar surface area (TPSA) is 74.6 Å². The molecule has 2 heterocycles. The van der Waals surface area contributed by atoms with Crippen LogP contribution in [-0.2, 0) is 12.6 Å². The van der Waals surface area contributed by atoms with E-state index in [1.807, 2.05) is 20.2 Å². The van der Waals surface area contributed by atoms with Gasteiger partial charge in [0.05, 0.1) is 21.1 Å². The van der Waals surface area contributed by atoms with Gasteiger partial charge in [0.15, 0.2) is 0 Å². The number of likely N-dealkylation sites (tertiary alicyclic amines) is 1. The summed E-state index contributed by atoms with van der Waals surface area (Å²) in [4.78, 5) is 26.7. The number of amides is 1. The summed E-state index contributed by atoms with van der Waals surface area (Å²) in [6.07, 6.45) is 0.720. The second-order valence-electron chi connectivity index (χ2n) is 7.79. The molecule has 2 N–H and O–H groups in total. The molecule has 2 aromatic carbocycles. The van der Waals surface area contributed by atoms with Crippen molar-refractivity contribution in [3.05, 3.63) is 69.3 Å². The van der Waals surface area contributed by atoms with Crippen LogP contribution in [0.3, 0.4) is 0 Å². The number of aromatic carboxylic acids is 1. The number of hydrogen-bond acceptors (Lipinski definition) is 3. The van der Waals surface area contributed by atoms with Gasteiger partial charge >= 0.3 is 5.97 Å². The van der Waals surface area contributed by atoms with E-state index in [-0.39, 0.29) is 11.5 Å². The maximum atomic E-state index is 13.3. The van der Waals surface area contributed by atoms with Crippen molar-refractivity contribution < 1.29 is 14.7 Å². The van der Waals surface area contributed by atoms with Crippen LogP contribution in [0, 0.1) is 0 Å². The van der Waals surface area contributed by atoms with Gasteiger partial charge in [-0.25, -0.2) is 4.79 Å². The van der Waals surface area contributed by atoms with E-state index >= 15 is 0 Å². The molecule has 0 spiro atoms. The number of likely N-dealkylation sites (N-methyl/N-ethyl adjacent to an activating group) is 1. The second kappa shape index (κ2) is 7.61. The molecular formula is C22H21Cl2N3O3. The first-order chi connectivity index (χ1) is 14.2. The minimum atomic E-state index is -0.978. The lowest BCUT2D eigenvalue weighted by Crippen LogP contribution is -2.48. The zero-order valence-corrected chi connectivity index (χ0v) is 18.1. The lowest BCUT2D eigenvalue weighted by molar-refractivity contribution is 0.0696. The maximum absolute atomic E-state index is 13.3. The highest BCUT2D eigenvalue weighted by atomic mass is 35.5. The van der Waals surface area contributed by atoms with Gasteiger partial charge in [-0.1, -0.05) is 35.3 Å². The number of benzene rings is 2. The Bertz CT molecular complexity index is 1160. The van der Waals surface area contributed by atoms with E-state index in [0.717, 1.165) is 29.4 Å².